The van der Waals surface area contributed by atoms with Crippen molar-refractivity contribution in [3.63, 3.8) is 0 Å². The largest absolute Gasteiger partial charge is 0.466 e. The first-order chi connectivity index (χ1) is 11.4. The van der Waals surface area contributed by atoms with E-state index in [1.807, 2.05) is 0 Å². The normalized spacial score (nSPS) is 11.4. The molecular formula is C17H15NO6. The fraction of sp³-hybridized carbons (Fsp3) is 0.176. The minimum Gasteiger partial charge on any atom is -0.466 e. The predicted molar refractivity (Wildman–Crippen MR) is 84.4 cm³/mol. The van der Waals surface area contributed by atoms with E-state index in [1.54, 1.807) is 30.3 Å². The summed E-state index contributed by atoms with van der Waals surface area (Å²) >= 11 is 0. The van der Waals surface area contributed by atoms with Crippen molar-refractivity contribution in [1.82, 2.24) is 0 Å². The van der Waals surface area contributed by atoms with E-state index in [1.165, 1.54) is 32.2 Å². The Hall–Kier alpha value is -3.22. The zero-order chi connectivity index (χ0) is 17.7. The summed E-state index contributed by atoms with van der Waals surface area (Å²) in [6, 6.07) is 12.3. The van der Waals surface area contributed by atoms with Crippen LogP contribution in [0.2, 0.25) is 0 Å². The fourth-order valence-electron chi connectivity index (χ4n) is 2.15. The van der Waals surface area contributed by atoms with Crippen LogP contribution in [0, 0.1) is 17.0 Å². The minimum atomic E-state index is -1.21. The van der Waals surface area contributed by atoms with Gasteiger partial charge in [-0.15, -0.1) is 0 Å². The van der Waals surface area contributed by atoms with E-state index in [-0.39, 0.29) is 11.3 Å². The van der Waals surface area contributed by atoms with Crippen molar-refractivity contribution >= 4 is 17.6 Å². The molecule has 1 atom stereocenters. The molecule has 0 aliphatic heterocycles. The van der Waals surface area contributed by atoms with E-state index < -0.39 is 23.0 Å². The second-order valence-corrected chi connectivity index (χ2v) is 4.98. The Kier molecular flexibility index (Phi) is 5.26. The molecule has 0 spiro atoms. The van der Waals surface area contributed by atoms with Crippen LogP contribution in [0.5, 0.6) is 0 Å². The van der Waals surface area contributed by atoms with E-state index in [9.17, 15) is 19.7 Å². The number of carbonyl (C=O) groups excluding carboxylic acids is 2. The van der Waals surface area contributed by atoms with Crippen LogP contribution in [0.4, 0.5) is 5.69 Å². The van der Waals surface area contributed by atoms with Gasteiger partial charge in [-0.05, 0) is 19.1 Å². The Morgan fingerprint density at radius 2 is 1.79 bits per heavy atom. The second kappa shape index (κ2) is 7.36. The van der Waals surface area contributed by atoms with Crippen molar-refractivity contribution in [3.05, 3.63) is 75.3 Å². The Balaban J connectivity index is 2.26. The van der Waals surface area contributed by atoms with Crippen molar-refractivity contribution < 1.29 is 24.0 Å². The molecule has 0 amide bonds. The summed E-state index contributed by atoms with van der Waals surface area (Å²) in [6.45, 7) is 1.52. The third-order valence-electron chi connectivity index (χ3n) is 3.37. The highest BCUT2D eigenvalue weighted by Gasteiger charge is 2.27. The van der Waals surface area contributed by atoms with Crippen LogP contribution in [0.15, 0.2) is 48.5 Å². The third-order valence-corrected chi connectivity index (χ3v) is 3.37. The molecule has 0 aromatic heterocycles. The number of carbonyl (C=O) groups is 2. The van der Waals surface area contributed by atoms with Crippen molar-refractivity contribution in [2.24, 2.45) is 0 Å². The van der Waals surface area contributed by atoms with Crippen LogP contribution in [0.3, 0.4) is 0 Å². The zero-order valence-electron chi connectivity index (χ0n) is 13.1. The smallest absolute Gasteiger partial charge is 0.351 e. The Labute approximate surface area is 138 Å². The molecule has 124 valence electrons. The van der Waals surface area contributed by atoms with Gasteiger partial charge in [-0.1, -0.05) is 30.3 Å². The Morgan fingerprint density at radius 1 is 1.12 bits per heavy atom. The summed E-state index contributed by atoms with van der Waals surface area (Å²) in [5.41, 5.74) is 0.808. The van der Waals surface area contributed by atoms with Gasteiger partial charge in [0.05, 0.1) is 17.6 Å². The molecule has 2 rings (SSSR count). The number of methoxy groups -OCH3 is 1. The molecule has 0 aliphatic carbocycles. The summed E-state index contributed by atoms with van der Waals surface area (Å²) in [4.78, 5) is 34.5. The maximum absolute atomic E-state index is 12.3. The molecule has 0 fully saturated rings. The molecule has 0 bridgehead atoms. The minimum absolute atomic E-state index is 0.0980. The summed E-state index contributed by atoms with van der Waals surface area (Å²) in [5.74, 6) is -1.49. The maximum atomic E-state index is 12.3. The van der Waals surface area contributed by atoms with E-state index in [0.29, 0.717) is 11.1 Å². The average Bonchev–Trinajstić information content (AvgIpc) is 2.59. The van der Waals surface area contributed by atoms with Crippen LogP contribution in [0.1, 0.15) is 27.6 Å². The Bertz CT molecular complexity index is 772. The van der Waals surface area contributed by atoms with E-state index in [2.05, 4.69) is 4.74 Å². The highest BCUT2D eigenvalue weighted by molar-refractivity contribution is 5.92. The van der Waals surface area contributed by atoms with Gasteiger partial charge < -0.3 is 9.47 Å². The number of hydrogen-bond donors (Lipinski definition) is 0. The molecule has 2 aromatic carbocycles. The van der Waals surface area contributed by atoms with Gasteiger partial charge in [0.1, 0.15) is 0 Å². The molecule has 24 heavy (non-hydrogen) atoms. The lowest BCUT2D eigenvalue weighted by atomic mass is 10.1. The molecule has 0 heterocycles. The molecule has 2 aromatic rings. The topological polar surface area (TPSA) is 95.7 Å². The van der Waals surface area contributed by atoms with Crippen LogP contribution in [-0.2, 0) is 14.3 Å². The molecule has 0 radical (unpaired) electrons. The summed E-state index contributed by atoms with van der Waals surface area (Å²) in [6.07, 6.45) is -1.21. The van der Waals surface area contributed by atoms with Gasteiger partial charge in [-0.2, -0.15) is 0 Å². The Morgan fingerprint density at radius 3 is 2.33 bits per heavy atom. The molecule has 0 saturated carbocycles. The number of aryl methyl sites for hydroxylation is 1. The van der Waals surface area contributed by atoms with Crippen LogP contribution in [-0.4, -0.2) is 24.0 Å². The van der Waals surface area contributed by atoms with Crippen LogP contribution < -0.4 is 0 Å². The number of esters is 2. The highest BCUT2D eigenvalue weighted by atomic mass is 16.6. The maximum Gasteiger partial charge on any atom is 0.351 e. The number of nitro benzene ring substituents is 1. The fourth-order valence-corrected chi connectivity index (χ4v) is 2.15. The van der Waals surface area contributed by atoms with Crippen molar-refractivity contribution in [2.75, 3.05) is 7.11 Å². The van der Waals surface area contributed by atoms with Gasteiger partial charge in [0.15, 0.2) is 0 Å². The SMILES string of the molecule is COC(=O)C(OC(=O)c1ccc([N+](=O)[O-])c(C)c1)c1ccccc1. The second-order valence-electron chi connectivity index (χ2n) is 4.98. The lowest BCUT2D eigenvalue weighted by Gasteiger charge is -2.16. The van der Waals surface area contributed by atoms with E-state index in [0.717, 1.165) is 0 Å². The first kappa shape index (κ1) is 17.1. The number of nitro groups is 1. The predicted octanol–water partition coefficient (Wildman–Crippen LogP) is 2.97. The lowest BCUT2D eigenvalue weighted by Crippen LogP contribution is -2.21. The first-order valence-electron chi connectivity index (χ1n) is 7.03. The van der Waals surface area contributed by atoms with E-state index >= 15 is 0 Å². The van der Waals surface area contributed by atoms with Gasteiger partial charge in [0, 0.05) is 17.2 Å². The summed E-state index contributed by atoms with van der Waals surface area (Å²) < 4.78 is 9.92. The van der Waals surface area contributed by atoms with Crippen molar-refractivity contribution in [2.45, 2.75) is 13.0 Å². The zero-order valence-corrected chi connectivity index (χ0v) is 13.1. The number of rotatable bonds is 5. The van der Waals surface area contributed by atoms with Crippen LogP contribution in [0.25, 0.3) is 0 Å². The standard InChI is InChI=1S/C17H15NO6/c1-11-10-13(8-9-14(11)18(21)22)16(19)24-15(17(20)23-2)12-6-4-3-5-7-12/h3-10,15H,1-2H3. The number of benzene rings is 2. The number of ether oxygens (including phenoxy) is 2. The van der Waals surface area contributed by atoms with Crippen LogP contribution >= 0.6 is 0 Å². The van der Waals surface area contributed by atoms with Gasteiger partial charge in [-0.25, -0.2) is 9.59 Å². The quantitative estimate of drug-likeness (QED) is 0.475. The van der Waals surface area contributed by atoms with Crippen molar-refractivity contribution in [3.8, 4) is 0 Å². The number of hydrogen-bond acceptors (Lipinski definition) is 6. The lowest BCUT2D eigenvalue weighted by molar-refractivity contribution is -0.385. The molecule has 0 saturated heterocycles. The van der Waals surface area contributed by atoms with E-state index in [4.69, 9.17) is 4.74 Å². The number of nitrogens with zero attached hydrogens (tertiary/aromatic N) is 1. The summed E-state index contributed by atoms with van der Waals surface area (Å²) in [5, 5.41) is 10.8. The molecule has 0 N–H and O–H groups in total. The van der Waals surface area contributed by atoms with Gasteiger partial charge in [-0.3, -0.25) is 10.1 Å². The summed E-state index contributed by atoms with van der Waals surface area (Å²) in [7, 11) is 1.20. The molecule has 7 heteroatoms. The third kappa shape index (κ3) is 3.75. The average molecular weight is 329 g/mol. The highest BCUT2D eigenvalue weighted by Crippen LogP contribution is 2.23. The molecule has 1 unspecified atom stereocenters. The van der Waals surface area contributed by atoms with Gasteiger partial charge in [0.2, 0.25) is 6.10 Å². The first-order valence-corrected chi connectivity index (χ1v) is 7.03. The molecule has 7 nitrogen and oxygen atoms in total. The van der Waals surface area contributed by atoms with Gasteiger partial charge >= 0.3 is 11.9 Å². The van der Waals surface area contributed by atoms with Gasteiger partial charge in [0.25, 0.3) is 5.69 Å². The molecular weight excluding hydrogens is 314 g/mol. The molecule has 0 aliphatic rings. The van der Waals surface area contributed by atoms with Crippen molar-refractivity contribution in [1.29, 1.82) is 0 Å². The monoisotopic (exact) mass is 329 g/mol.